The largest absolute Gasteiger partial charge is 0.458 e. The lowest BCUT2D eigenvalue weighted by Crippen LogP contribution is -2.36. The Morgan fingerprint density at radius 2 is 1.15 bits per heavy atom. The highest BCUT2D eigenvalue weighted by Crippen LogP contribution is 2.56. The van der Waals surface area contributed by atoms with E-state index in [4.69, 9.17) is 19.1 Å². The summed E-state index contributed by atoms with van der Waals surface area (Å²) >= 11 is 0. The molecule has 0 aromatic heterocycles. The number of esters is 2. The van der Waals surface area contributed by atoms with Gasteiger partial charge in [-0.2, -0.15) is 0 Å². The predicted molar refractivity (Wildman–Crippen MR) is 139 cm³/mol. The van der Waals surface area contributed by atoms with E-state index in [1.165, 1.54) is 48.5 Å². The van der Waals surface area contributed by atoms with Crippen LogP contribution in [0, 0.1) is 37.5 Å². The first-order valence-electron chi connectivity index (χ1n) is 13.1. The number of carbonyl (C=O) groups is 2. The lowest BCUT2D eigenvalue weighted by atomic mass is 9.78. The second kappa shape index (κ2) is 10.3. The van der Waals surface area contributed by atoms with Crippen LogP contribution in [-0.2, 0) is 19.1 Å². The molecule has 0 amide bonds. The first kappa shape index (κ1) is 26.3. The molecule has 2 aromatic carbocycles. The van der Waals surface area contributed by atoms with Gasteiger partial charge in [0.2, 0.25) is 0 Å². The van der Waals surface area contributed by atoms with Gasteiger partial charge < -0.3 is 19.1 Å². The molecule has 2 saturated carbocycles. The molecular formula is C27H24N4O10. The van der Waals surface area contributed by atoms with Crippen molar-refractivity contribution in [2.24, 2.45) is 27.6 Å². The second-order valence-electron chi connectivity index (χ2n) is 10.4. The summed E-state index contributed by atoms with van der Waals surface area (Å²) < 4.78 is 10.9. The average Bonchev–Trinajstić information content (AvgIpc) is 3.75. The van der Waals surface area contributed by atoms with Crippen molar-refractivity contribution in [2.45, 2.75) is 37.9 Å². The third-order valence-electron chi connectivity index (χ3n) is 8.30. The van der Waals surface area contributed by atoms with E-state index in [-0.39, 0.29) is 47.6 Å². The summed E-state index contributed by atoms with van der Waals surface area (Å²) in [6.07, 6.45) is 2.22. The summed E-state index contributed by atoms with van der Waals surface area (Å²) in [6, 6.07) is 10.4. The highest BCUT2D eigenvalue weighted by molar-refractivity contribution is 6.16. The third-order valence-corrected chi connectivity index (χ3v) is 8.30. The minimum atomic E-state index is -0.606. The molecule has 41 heavy (non-hydrogen) atoms. The maximum absolute atomic E-state index is 12.5. The number of rotatable bonds is 8. The first-order valence-corrected chi connectivity index (χ1v) is 13.1. The maximum Gasteiger partial charge on any atom is 0.338 e. The summed E-state index contributed by atoms with van der Waals surface area (Å²) in [5.41, 5.74) is 1.48. The number of oxime groups is 2. The number of fused-ring (bicyclic) bond motifs is 4. The molecule has 0 saturated heterocycles. The van der Waals surface area contributed by atoms with Crippen molar-refractivity contribution in [3.63, 3.8) is 0 Å². The Labute approximate surface area is 232 Å². The van der Waals surface area contributed by atoms with Gasteiger partial charge in [0.15, 0.2) is 12.2 Å². The fourth-order valence-electron chi connectivity index (χ4n) is 6.20. The number of benzene rings is 2. The Hall–Kier alpha value is -4.88. The van der Waals surface area contributed by atoms with Crippen molar-refractivity contribution >= 4 is 34.7 Å². The highest BCUT2D eigenvalue weighted by atomic mass is 16.7. The molecule has 6 rings (SSSR count). The van der Waals surface area contributed by atoms with Crippen molar-refractivity contribution in [3.05, 3.63) is 79.9 Å². The fraction of sp³-hybridized carbons (Fsp3) is 0.407. The number of non-ortho nitro benzene ring substituents is 2. The van der Waals surface area contributed by atoms with E-state index in [2.05, 4.69) is 10.3 Å². The normalized spacial score (nSPS) is 27.2. The molecule has 2 aliphatic heterocycles. The van der Waals surface area contributed by atoms with Gasteiger partial charge >= 0.3 is 11.9 Å². The van der Waals surface area contributed by atoms with Crippen molar-refractivity contribution in [3.8, 4) is 0 Å². The van der Waals surface area contributed by atoms with E-state index in [9.17, 15) is 29.8 Å². The van der Waals surface area contributed by atoms with E-state index in [0.29, 0.717) is 0 Å². The average molecular weight is 565 g/mol. The lowest BCUT2D eigenvalue weighted by Gasteiger charge is -2.22. The van der Waals surface area contributed by atoms with Gasteiger partial charge in [-0.05, 0) is 49.9 Å². The number of carbonyl (C=O) groups excluding carboxylic acids is 2. The molecule has 4 aliphatic rings. The molecule has 4 unspecified atom stereocenters. The van der Waals surface area contributed by atoms with Gasteiger partial charge in [-0.25, -0.2) is 9.59 Å². The molecule has 2 aromatic rings. The van der Waals surface area contributed by atoms with Crippen LogP contribution in [0.1, 0.15) is 46.4 Å². The minimum absolute atomic E-state index is 0.0167. The zero-order valence-electron chi connectivity index (χ0n) is 21.5. The van der Waals surface area contributed by atoms with E-state index in [1.54, 1.807) is 0 Å². The van der Waals surface area contributed by atoms with Crippen molar-refractivity contribution in [2.75, 3.05) is 13.2 Å². The maximum atomic E-state index is 12.5. The fourth-order valence-corrected chi connectivity index (χ4v) is 6.20. The molecule has 4 atom stereocenters. The van der Waals surface area contributed by atoms with Crippen LogP contribution in [0.3, 0.4) is 0 Å². The third kappa shape index (κ3) is 4.64. The molecule has 212 valence electrons. The summed E-state index contributed by atoms with van der Waals surface area (Å²) in [7, 11) is 0. The molecule has 2 heterocycles. The van der Waals surface area contributed by atoms with Crippen molar-refractivity contribution in [1.82, 2.24) is 0 Å². The van der Waals surface area contributed by atoms with Crippen molar-refractivity contribution < 1.29 is 38.6 Å². The molecule has 0 bridgehead atoms. The van der Waals surface area contributed by atoms with Crippen molar-refractivity contribution in [1.29, 1.82) is 0 Å². The quantitative estimate of drug-likeness (QED) is 0.259. The zero-order valence-corrected chi connectivity index (χ0v) is 21.5. The first-order chi connectivity index (χ1) is 19.8. The van der Waals surface area contributed by atoms with Crippen LogP contribution in [-0.4, -0.2) is 58.6 Å². The molecule has 2 aliphatic carbocycles. The Kier molecular flexibility index (Phi) is 6.59. The van der Waals surface area contributed by atoms with Crippen LogP contribution in [0.15, 0.2) is 58.8 Å². The number of hydrogen-bond donors (Lipinski definition) is 0. The number of nitro benzene ring substituents is 2. The van der Waals surface area contributed by atoms with Gasteiger partial charge in [0.1, 0.15) is 13.2 Å². The Balaban J connectivity index is 1.03. The summed E-state index contributed by atoms with van der Waals surface area (Å²) in [5.74, 6) is -1.32. The van der Waals surface area contributed by atoms with Crippen LogP contribution in [0.5, 0.6) is 0 Å². The monoisotopic (exact) mass is 564 g/mol. The van der Waals surface area contributed by atoms with Gasteiger partial charge in [-0.1, -0.05) is 10.3 Å². The van der Waals surface area contributed by atoms with Gasteiger partial charge in [-0.3, -0.25) is 20.2 Å². The van der Waals surface area contributed by atoms with Gasteiger partial charge in [0, 0.05) is 36.1 Å². The molecular weight excluding hydrogens is 540 g/mol. The second-order valence-corrected chi connectivity index (χ2v) is 10.4. The number of nitrogens with zero attached hydrogens (tertiary/aromatic N) is 4. The predicted octanol–water partition coefficient (Wildman–Crippen LogP) is 3.83. The summed E-state index contributed by atoms with van der Waals surface area (Å²) in [6.45, 7) is -0.0333. The number of nitro groups is 2. The SMILES string of the molecule is O=C(OCC1ON=C2C1CCC21CCC2C1=NOC2COC(=O)c1ccc([N+](=O)[O-])cc1)c1ccc([N+](=O)[O-])cc1. The van der Waals surface area contributed by atoms with Gasteiger partial charge in [0.25, 0.3) is 11.4 Å². The molecule has 14 heteroatoms. The summed E-state index contributed by atoms with van der Waals surface area (Å²) in [4.78, 5) is 56.9. The van der Waals surface area contributed by atoms with Crippen LogP contribution >= 0.6 is 0 Å². The Bertz CT molecular complexity index is 1360. The number of ether oxygens (including phenoxy) is 2. The van der Waals surface area contributed by atoms with Crippen LogP contribution in [0.4, 0.5) is 11.4 Å². The molecule has 14 nitrogen and oxygen atoms in total. The van der Waals surface area contributed by atoms with Crippen LogP contribution in [0.25, 0.3) is 0 Å². The van der Waals surface area contributed by atoms with Gasteiger partial charge in [-0.15, -0.1) is 0 Å². The summed E-state index contributed by atoms with van der Waals surface area (Å²) in [5, 5.41) is 30.4. The molecule has 0 N–H and O–H groups in total. The standard InChI is InChI=1S/C27H24N4O10/c32-25(15-1-5-17(6-2-15)30(34)35)38-13-21-19-9-11-27(23(19)28-40-21)12-10-20-22(41-29-24(20)27)14-39-26(33)16-3-7-18(8-4-16)31(36)37/h1-8,19-22H,9-14H2. The van der Waals surface area contributed by atoms with E-state index in [1.807, 2.05) is 0 Å². The van der Waals surface area contributed by atoms with Crippen LogP contribution in [0.2, 0.25) is 0 Å². The van der Waals surface area contributed by atoms with E-state index in [0.717, 1.165) is 37.1 Å². The lowest BCUT2D eigenvalue weighted by molar-refractivity contribution is -0.385. The van der Waals surface area contributed by atoms with E-state index >= 15 is 0 Å². The molecule has 0 radical (unpaired) electrons. The Morgan fingerprint density at radius 1 is 0.756 bits per heavy atom. The smallest absolute Gasteiger partial charge is 0.338 e. The van der Waals surface area contributed by atoms with Gasteiger partial charge in [0.05, 0.1) is 37.8 Å². The molecule has 1 spiro atoms. The van der Waals surface area contributed by atoms with E-state index < -0.39 is 39.4 Å². The zero-order chi connectivity index (χ0) is 28.7. The van der Waals surface area contributed by atoms with Crippen LogP contribution < -0.4 is 0 Å². The molecule has 2 fully saturated rings. The number of hydrogen-bond acceptors (Lipinski definition) is 12. The topological polar surface area (TPSA) is 182 Å². The Morgan fingerprint density at radius 3 is 1.51 bits per heavy atom. The highest BCUT2D eigenvalue weighted by Gasteiger charge is 2.62. The minimum Gasteiger partial charge on any atom is -0.458 e.